The van der Waals surface area contributed by atoms with Crippen molar-refractivity contribution in [3.8, 4) is 0 Å². The summed E-state index contributed by atoms with van der Waals surface area (Å²) in [6, 6.07) is 8.29. The van der Waals surface area contributed by atoms with Crippen molar-refractivity contribution in [1.29, 1.82) is 0 Å². The van der Waals surface area contributed by atoms with E-state index in [-0.39, 0.29) is 0 Å². The Morgan fingerprint density at radius 2 is 1.92 bits per heavy atom. The van der Waals surface area contributed by atoms with Crippen molar-refractivity contribution in [2.24, 2.45) is 0 Å². The molecule has 0 fully saturated rings. The summed E-state index contributed by atoms with van der Waals surface area (Å²) in [5.74, 6) is 0. The topological polar surface area (TPSA) is 0 Å². The quantitative estimate of drug-likeness (QED) is 0.640. The van der Waals surface area contributed by atoms with Crippen LogP contribution >= 0.6 is 0 Å². The molecule has 0 saturated carbocycles. The van der Waals surface area contributed by atoms with Gasteiger partial charge in [0.2, 0.25) is 0 Å². The second kappa shape index (κ2) is 5.36. The van der Waals surface area contributed by atoms with E-state index in [2.05, 4.69) is 43.9 Å². The Labute approximate surface area is 80.6 Å². The Morgan fingerprint density at radius 3 is 2.54 bits per heavy atom. The van der Waals surface area contributed by atoms with Crippen LogP contribution in [0.15, 0.2) is 36.9 Å². The fourth-order valence-electron chi connectivity index (χ4n) is 1.23. The molecule has 0 atom stereocenters. The minimum absolute atomic E-state index is 1.14. The van der Waals surface area contributed by atoms with Crippen molar-refractivity contribution in [2.75, 3.05) is 0 Å². The lowest BCUT2D eigenvalue weighted by atomic mass is 10.1. The molecule has 0 unspecified atom stereocenters. The molecule has 0 nitrogen and oxygen atoms in total. The molecule has 1 aromatic carbocycles. The Bertz CT molecular complexity index is 295. The SMILES string of the molecule is C=Cc1ccccc1C=CCCC. The first kappa shape index (κ1) is 9.79. The molecule has 1 rings (SSSR count). The van der Waals surface area contributed by atoms with E-state index >= 15 is 0 Å². The van der Waals surface area contributed by atoms with Crippen LogP contribution in [0.2, 0.25) is 0 Å². The molecule has 68 valence electrons. The van der Waals surface area contributed by atoms with Gasteiger partial charge in [-0.15, -0.1) is 0 Å². The van der Waals surface area contributed by atoms with E-state index < -0.39 is 0 Å². The molecule has 0 aromatic heterocycles. The molecular weight excluding hydrogens is 156 g/mol. The van der Waals surface area contributed by atoms with Gasteiger partial charge in [-0.1, -0.05) is 62.4 Å². The summed E-state index contributed by atoms with van der Waals surface area (Å²) >= 11 is 0. The summed E-state index contributed by atoms with van der Waals surface area (Å²) < 4.78 is 0. The van der Waals surface area contributed by atoms with Crippen LogP contribution in [0.1, 0.15) is 30.9 Å². The minimum Gasteiger partial charge on any atom is -0.0984 e. The van der Waals surface area contributed by atoms with Gasteiger partial charge in [-0.2, -0.15) is 0 Å². The predicted octanol–water partition coefficient (Wildman–Crippen LogP) is 4.14. The van der Waals surface area contributed by atoms with Gasteiger partial charge in [0, 0.05) is 0 Å². The van der Waals surface area contributed by atoms with Gasteiger partial charge in [-0.25, -0.2) is 0 Å². The molecule has 0 heteroatoms. The zero-order valence-electron chi connectivity index (χ0n) is 8.16. The predicted molar refractivity (Wildman–Crippen MR) is 60.5 cm³/mol. The van der Waals surface area contributed by atoms with Crippen molar-refractivity contribution in [2.45, 2.75) is 19.8 Å². The maximum atomic E-state index is 3.79. The van der Waals surface area contributed by atoms with E-state index in [1.807, 2.05) is 12.1 Å². The third-order valence-electron chi connectivity index (χ3n) is 1.97. The largest absolute Gasteiger partial charge is 0.0984 e. The fraction of sp³-hybridized carbons (Fsp3) is 0.231. The molecule has 13 heavy (non-hydrogen) atoms. The Morgan fingerprint density at radius 1 is 1.23 bits per heavy atom. The number of allylic oxidation sites excluding steroid dienone is 1. The van der Waals surface area contributed by atoms with Crippen molar-refractivity contribution >= 4 is 12.2 Å². The monoisotopic (exact) mass is 172 g/mol. The molecule has 0 bridgehead atoms. The number of unbranched alkanes of at least 4 members (excludes halogenated alkanes) is 1. The van der Waals surface area contributed by atoms with Crippen molar-refractivity contribution in [3.63, 3.8) is 0 Å². The van der Waals surface area contributed by atoms with Crippen molar-refractivity contribution in [3.05, 3.63) is 48.0 Å². The second-order valence-electron chi connectivity index (χ2n) is 3.02. The van der Waals surface area contributed by atoms with Gasteiger partial charge in [0.1, 0.15) is 0 Å². The first-order chi connectivity index (χ1) is 6.38. The van der Waals surface area contributed by atoms with Crippen LogP contribution in [0.25, 0.3) is 12.2 Å². The standard InChI is InChI=1S/C13H16/c1-3-5-6-10-13-11-8-7-9-12(13)4-2/h4,6-11H,2-3,5H2,1H3. The smallest absolute Gasteiger partial charge is 0.0187 e. The van der Waals surface area contributed by atoms with Crippen LogP contribution in [0.4, 0.5) is 0 Å². The lowest BCUT2D eigenvalue weighted by Crippen LogP contribution is -1.77. The van der Waals surface area contributed by atoms with E-state index in [0.29, 0.717) is 0 Å². The summed E-state index contributed by atoms with van der Waals surface area (Å²) in [5, 5.41) is 0. The van der Waals surface area contributed by atoms with E-state index in [1.165, 1.54) is 17.5 Å². The molecule has 0 N–H and O–H groups in total. The Balaban J connectivity index is 2.80. The zero-order valence-corrected chi connectivity index (χ0v) is 8.16. The summed E-state index contributed by atoms with van der Waals surface area (Å²) in [7, 11) is 0. The fourth-order valence-corrected chi connectivity index (χ4v) is 1.23. The highest BCUT2D eigenvalue weighted by atomic mass is 14.0. The lowest BCUT2D eigenvalue weighted by molar-refractivity contribution is 0.962. The average molecular weight is 172 g/mol. The maximum Gasteiger partial charge on any atom is -0.0187 e. The highest BCUT2D eigenvalue weighted by Crippen LogP contribution is 2.12. The third kappa shape index (κ3) is 2.90. The number of benzene rings is 1. The summed E-state index contributed by atoms with van der Waals surface area (Å²) in [6.07, 6.45) is 8.62. The molecular formula is C13H16. The summed E-state index contributed by atoms with van der Waals surface area (Å²) in [6.45, 7) is 5.97. The molecule has 0 spiro atoms. The second-order valence-corrected chi connectivity index (χ2v) is 3.02. The molecule has 0 aliphatic heterocycles. The Hall–Kier alpha value is -1.30. The van der Waals surface area contributed by atoms with Crippen LogP contribution < -0.4 is 0 Å². The van der Waals surface area contributed by atoms with Gasteiger partial charge >= 0.3 is 0 Å². The first-order valence-corrected chi connectivity index (χ1v) is 4.76. The highest BCUT2D eigenvalue weighted by Gasteiger charge is 1.91. The van der Waals surface area contributed by atoms with E-state index in [0.717, 1.165) is 6.42 Å². The van der Waals surface area contributed by atoms with E-state index in [4.69, 9.17) is 0 Å². The van der Waals surface area contributed by atoms with Crippen LogP contribution in [0.3, 0.4) is 0 Å². The van der Waals surface area contributed by atoms with Crippen LogP contribution in [-0.2, 0) is 0 Å². The molecule has 1 aromatic rings. The van der Waals surface area contributed by atoms with Gasteiger partial charge in [-0.05, 0) is 17.5 Å². The molecule has 0 amide bonds. The average Bonchev–Trinajstić information content (AvgIpc) is 2.19. The zero-order chi connectivity index (χ0) is 9.52. The minimum atomic E-state index is 1.14. The number of rotatable bonds is 4. The van der Waals surface area contributed by atoms with Gasteiger partial charge in [-0.3, -0.25) is 0 Å². The van der Waals surface area contributed by atoms with Crippen LogP contribution in [-0.4, -0.2) is 0 Å². The molecule has 0 aliphatic rings. The molecule has 0 radical (unpaired) electrons. The Kier molecular flexibility index (Phi) is 4.04. The van der Waals surface area contributed by atoms with Crippen molar-refractivity contribution in [1.82, 2.24) is 0 Å². The molecule has 0 saturated heterocycles. The van der Waals surface area contributed by atoms with Gasteiger partial charge in [0.15, 0.2) is 0 Å². The summed E-state index contributed by atoms with van der Waals surface area (Å²) in [5.41, 5.74) is 2.46. The number of hydrogen-bond acceptors (Lipinski definition) is 0. The maximum absolute atomic E-state index is 3.79. The van der Waals surface area contributed by atoms with E-state index in [1.54, 1.807) is 0 Å². The van der Waals surface area contributed by atoms with Gasteiger partial charge in [0.25, 0.3) is 0 Å². The lowest BCUT2D eigenvalue weighted by Gasteiger charge is -1.98. The van der Waals surface area contributed by atoms with Gasteiger partial charge < -0.3 is 0 Å². The van der Waals surface area contributed by atoms with E-state index in [9.17, 15) is 0 Å². The van der Waals surface area contributed by atoms with Crippen molar-refractivity contribution < 1.29 is 0 Å². The van der Waals surface area contributed by atoms with Crippen LogP contribution in [0, 0.1) is 0 Å². The highest BCUT2D eigenvalue weighted by molar-refractivity contribution is 5.64. The van der Waals surface area contributed by atoms with Crippen LogP contribution in [0.5, 0.6) is 0 Å². The van der Waals surface area contributed by atoms with Gasteiger partial charge in [0.05, 0.1) is 0 Å². The first-order valence-electron chi connectivity index (χ1n) is 4.76. The molecule has 0 aliphatic carbocycles. The normalized spacial score (nSPS) is 10.5. The number of hydrogen-bond donors (Lipinski definition) is 0. The summed E-state index contributed by atoms with van der Waals surface area (Å²) in [4.78, 5) is 0. The molecule has 0 heterocycles. The third-order valence-corrected chi connectivity index (χ3v) is 1.97.